The smallest absolute Gasteiger partial charge is 0.246 e. The van der Waals surface area contributed by atoms with Crippen molar-refractivity contribution in [1.82, 2.24) is 10.1 Å². The molecule has 0 fully saturated rings. The van der Waals surface area contributed by atoms with Gasteiger partial charge in [-0.15, -0.1) is 0 Å². The van der Waals surface area contributed by atoms with Crippen LogP contribution >= 0.6 is 0 Å². The lowest BCUT2D eigenvalue weighted by atomic mass is 9.94. The molecule has 0 saturated carbocycles. The van der Waals surface area contributed by atoms with Crippen LogP contribution in [0.3, 0.4) is 0 Å². The van der Waals surface area contributed by atoms with Crippen LogP contribution in [0.1, 0.15) is 44.0 Å². The van der Waals surface area contributed by atoms with E-state index in [2.05, 4.69) is 10.1 Å². The van der Waals surface area contributed by atoms with Gasteiger partial charge in [-0.05, 0) is 24.5 Å². The van der Waals surface area contributed by atoms with Gasteiger partial charge < -0.3 is 10.3 Å². The molecular weight excluding hydrogens is 245 g/mol. The summed E-state index contributed by atoms with van der Waals surface area (Å²) in [6.07, 6.45) is 1.73. The Labute approximate surface area is 111 Å². The SMILES string of the molecule is CCC(N)(CC)c1nc(Cc2ccccc2F)no1. The normalized spacial score (nSPS) is 11.8. The molecule has 0 aliphatic rings. The molecule has 0 atom stereocenters. The summed E-state index contributed by atoms with van der Waals surface area (Å²) in [5.41, 5.74) is 6.13. The third-order valence-electron chi connectivity index (χ3n) is 3.46. The van der Waals surface area contributed by atoms with Gasteiger partial charge >= 0.3 is 0 Å². The van der Waals surface area contributed by atoms with E-state index in [4.69, 9.17) is 10.3 Å². The highest BCUT2D eigenvalue weighted by Crippen LogP contribution is 2.24. The second-order valence-electron chi connectivity index (χ2n) is 4.65. The molecule has 2 rings (SSSR count). The van der Waals surface area contributed by atoms with Gasteiger partial charge in [-0.25, -0.2) is 4.39 Å². The molecule has 4 nitrogen and oxygen atoms in total. The zero-order valence-corrected chi connectivity index (χ0v) is 11.2. The summed E-state index contributed by atoms with van der Waals surface area (Å²) >= 11 is 0. The zero-order chi connectivity index (χ0) is 13.9. The van der Waals surface area contributed by atoms with E-state index in [1.807, 2.05) is 13.8 Å². The van der Waals surface area contributed by atoms with Gasteiger partial charge in [0.05, 0.1) is 5.54 Å². The number of hydrogen-bond acceptors (Lipinski definition) is 4. The van der Waals surface area contributed by atoms with Crippen molar-refractivity contribution in [3.05, 3.63) is 47.4 Å². The Hall–Kier alpha value is -1.75. The molecule has 2 N–H and O–H groups in total. The van der Waals surface area contributed by atoms with Crippen molar-refractivity contribution in [2.75, 3.05) is 0 Å². The van der Waals surface area contributed by atoms with Crippen LogP contribution in [-0.2, 0) is 12.0 Å². The van der Waals surface area contributed by atoms with E-state index in [1.54, 1.807) is 18.2 Å². The van der Waals surface area contributed by atoms with Crippen LogP contribution in [0, 0.1) is 5.82 Å². The fraction of sp³-hybridized carbons (Fsp3) is 0.429. The van der Waals surface area contributed by atoms with Crippen molar-refractivity contribution in [2.45, 2.75) is 38.6 Å². The summed E-state index contributed by atoms with van der Waals surface area (Å²) in [5, 5.41) is 3.88. The number of nitrogens with two attached hydrogens (primary N) is 1. The van der Waals surface area contributed by atoms with E-state index >= 15 is 0 Å². The predicted molar refractivity (Wildman–Crippen MR) is 70.0 cm³/mol. The molecule has 1 aromatic carbocycles. The lowest BCUT2D eigenvalue weighted by Crippen LogP contribution is -2.35. The van der Waals surface area contributed by atoms with Gasteiger partial charge in [0, 0.05) is 6.42 Å². The molecular formula is C14H18FN3O. The standard InChI is InChI=1S/C14H18FN3O/c1-3-14(16,4-2)13-17-12(18-19-13)9-10-7-5-6-8-11(10)15/h5-8H,3-4,9,16H2,1-2H3. The zero-order valence-electron chi connectivity index (χ0n) is 11.2. The van der Waals surface area contributed by atoms with Crippen molar-refractivity contribution < 1.29 is 8.91 Å². The molecule has 0 aliphatic carbocycles. The molecule has 5 heteroatoms. The lowest BCUT2D eigenvalue weighted by molar-refractivity contribution is 0.267. The molecule has 0 saturated heterocycles. The molecule has 1 heterocycles. The second kappa shape index (κ2) is 5.48. The summed E-state index contributed by atoms with van der Waals surface area (Å²) in [6, 6.07) is 6.56. The first-order chi connectivity index (χ1) is 9.09. The van der Waals surface area contributed by atoms with E-state index in [0.29, 0.717) is 36.5 Å². The molecule has 0 amide bonds. The number of halogens is 1. The molecule has 0 spiro atoms. The Morgan fingerprint density at radius 2 is 1.95 bits per heavy atom. The van der Waals surface area contributed by atoms with E-state index in [1.165, 1.54) is 6.07 Å². The molecule has 0 bridgehead atoms. The maximum Gasteiger partial charge on any atom is 0.246 e. The molecule has 0 aliphatic heterocycles. The van der Waals surface area contributed by atoms with Gasteiger partial charge in [-0.3, -0.25) is 0 Å². The number of rotatable bonds is 5. The average Bonchev–Trinajstić information content (AvgIpc) is 2.90. The van der Waals surface area contributed by atoms with E-state index < -0.39 is 5.54 Å². The van der Waals surface area contributed by atoms with E-state index in [9.17, 15) is 4.39 Å². The molecule has 2 aromatic rings. The van der Waals surface area contributed by atoms with Crippen LogP contribution in [-0.4, -0.2) is 10.1 Å². The van der Waals surface area contributed by atoms with Crippen LogP contribution in [0.15, 0.2) is 28.8 Å². The monoisotopic (exact) mass is 263 g/mol. The Morgan fingerprint density at radius 3 is 2.58 bits per heavy atom. The highest BCUT2D eigenvalue weighted by Gasteiger charge is 2.29. The minimum Gasteiger partial charge on any atom is -0.337 e. The quantitative estimate of drug-likeness (QED) is 0.900. The highest BCUT2D eigenvalue weighted by atomic mass is 19.1. The maximum absolute atomic E-state index is 13.5. The molecule has 0 radical (unpaired) electrons. The van der Waals surface area contributed by atoms with Gasteiger partial charge in [0.15, 0.2) is 5.82 Å². The topological polar surface area (TPSA) is 64.9 Å². The fourth-order valence-electron chi connectivity index (χ4n) is 1.89. The predicted octanol–water partition coefficient (Wildman–Crippen LogP) is 2.77. The van der Waals surface area contributed by atoms with Crippen molar-refractivity contribution in [3.63, 3.8) is 0 Å². The first-order valence-electron chi connectivity index (χ1n) is 6.44. The highest BCUT2D eigenvalue weighted by molar-refractivity contribution is 5.21. The van der Waals surface area contributed by atoms with Crippen LogP contribution in [0.4, 0.5) is 4.39 Å². The molecule has 1 aromatic heterocycles. The Kier molecular flexibility index (Phi) is 3.95. The molecule has 102 valence electrons. The second-order valence-corrected chi connectivity index (χ2v) is 4.65. The minimum atomic E-state index is -0.597. The van der Waals surface area contributed by atoms with Crippen LogP contribution in [0.25, 0.3) is 0 Å². The van der Waals surface area contributed by atoms with Crippen molar-refractivity contribution in [3.8, 4) is 0 Å². The van der Waals surface area contributed by atoms with Gasteiger partial charge in [-0.1, -0.05) is 37.2 Å². The van der Waals surface area contributed by atoms with Crippen molar-refractivity contribution in [2.24, 2.45) is 5.73 Å². The molecule has 19 heavy (non-hydrogen) atoms. The van der Waals surface area contributed by atoms with Crippen molar-refractivity contribution in [1.29, 1.82) is 0 Å². The van der Waals surface area contributed by atoms with Crippen LogP contribution in [0.5, 0.6) is 0 Å². The summed E-state index contributed by atoms with van der Waals surface area (Å²) in [7, 11) is 0. The lowest BCUT2D eigenvalue weighted by Gasteiger charge is -2.20. The van der Waals surface area contributed by atoms with Crippen molar-refractivity contribution >= 4 is 0 Å². The number of nitrogens with zero attached hydrogens (tertiary/aromatic N) is 2. The third-order valence-corrected chi connectivity index (χ3v) is 3.46. The van der Waals surface area contributed by atoms with E-state index in [0.717, 1.165) is 0 Å². The maximum atomic E-state index is 13.5. The van der Waals surface area contributed by atoms with Gasteiger partial charge in [0.2, 0.25) is 5.89 Å². The Bertz CT molecular complexity index is 549. The largest absolute Gasteiger partial charge is 0.337 e. The summed E-state index contributed by atoms with van der Waals surface area (Å²) in [6.45, 7) is 3.95. The number of hydrogen-bond donors (Lipinski definition) is 1. The number of benzene rings is 1. The first kappa shape index (κ1) is 13.7. The fourth-order valence-corrected chi connectivity index (χ4v) is 1.89. The third kappa shape index (κ3) is 2.81. The molecule has 0 unspecified atom stereocenters. The summed E-state index contributed by atoms with van der Waals surface area (Å²) in [4.78, 5) is 4.29. The Morgan fingerprint density at radius 1 is 1.26 bits per heavy atom. The van der Waals surface area contributed by atoms with Crippen LogP contribution in [0.2, 0.25) is 0 Å². The minimum absolute atomic E-state index is 0.265. The Balaban J connectivity index is 2.21. The van der Waals surface area contributed by atoms with E-state index in [-0.39, 0.29) is 5.82 Å². The van der Waals surface area contributed by atoms with Gasteiger partial charge in [-0.2, -0.15) is 4.98 Å². The number of aromatic nitrogens is 2. The van der Waals surface area contributed by atoms with Gasteiger partial charge in [0.25, 0.3) is 0 Å². The first-order valence-corrected chi connectivity index (χ1v) is 6.44. The summed E-state index contributed by atoms with van der Waals surface area (Å²) in [5.74, 6) is 0.611. The van der Waals surface area contributed by atoms with Gasteiger partial charge in [0.1, 0.15) is 5.82 Å². The average molecular weight is 263 g/mol. The van der Waals surface area contributed by atoms with Crippen LogP contribution < -0.4 is 5.73 Å². The summed E-state index contributed by atoms with van der Waals surface area (Å²) < 4.78 is 18.8.